The van der Waals surface area contributed by atoms with Crippen LogP contribution in [0.5, 0.6) is 0 Å². The summed E-state index contributed by atoms with van der Waals surface area (Å²) in [5, 5.41) is 20.7. The molecule has 0 spiro atoms. The van der Waals surface area contributed by atoms with E-state index in [9.17, 15) is 5.11 Å². The zero-order chi connectivity index (χ0) is 13.7. The first-order chi connectivity index (χ1) is 9.28. The average molecular weight is 268 g/mol. The molecule has 0 radical (unpaired) electrons. The summed E-state index contributed by atoms with van der Waals surface area (Å²) in [5.41, 5.74) is 0. The predicted octanol–water partition coefficient (Wildman–Crippen LogP) is 1.31. The van der Waals surface area contributed by atoms with Crippen LogP contribution in [0.3, 0.4) is 0 Å². The van der Waals surface area contributed by atoms with Gasteiger partial charge in [-0.15, -0.1) is 5.10 Å². The van der Waals surface area contributed by atoms with Gasteiger partial charge < -0.3 is 19.7 Å². The summed E-state index contributed by atoms with van der Waals surface area (Å²) in [5.74, 6) is 0.621. The van der Waals surface area contributed by atoms with Crippen LogP contribution in [0.4, 0.5) is 6.01 Å². The topological polar surface area (TPSA) is 74.4 Å². The number of anilines is 1. The minimum atomic E-state index is 0.0918. The Hall–Kier alpha value is -1.14. The molecular formula is C13H24N4O2. The summed E-state index contributed by atoms with van der Waals surface area (Å²) >= 11 is 0. The second-order valence-electron chi connectivity index (χ2n) is 5.02. The lowest BCUT2D eigenvalue weighted by Crippen LogP contribution is -2.37. The Labute approximate surface area is 114 Å². The summed E-state index contributed by atoms with van der Waals surface area (Å²) in [6.45, 7) is 5.51. The van der Waals surface area contributed by atoms with E-state index >= 15 is 0 Å². The predicted molar refractivity (Wildman–Crippen MR) is 73.0 cm³/mol. The highest BCUT2D eigenvalue weighted by molar-refractivity contribution is 5.26. The molecule has 1 saturated carbocycles. The highest BCUT2D eigenvalue weighted by Gasteiger charge is 2.23. The van der Waals surface area contributed by atoms with Crippen LogP contribution in [0.15, 0.2) is 4.42 Å². The molecule has 1 aliphatic rings. The van der Waals surface area contributed by atoms with Crippen molar-refractivity contribution in [1.29, 1.82) is 0 Å². The molecule has 2 N–H and O–H groups in total. The number of aliphatic hydroxyl groups is 1. The number of hydrogen-bond acceptors (Lipinski definition) is 6. The van der Waals surface area contributed by atoms with Gasteiger partial charge in [-0.25, -0.2) is 0 Å². The van der Waals surface area contributed by atoms with Crippen LogP contribution in [-0.4, -0.2) is 40.5 Å². The van der Waals surface area contributed by atoms with Gasteiger partial charge in [0.05, 0.1) is 13.2 Å². The first kappa shape index (κ1) is 14.3. The highest BCUT2D eigenvalue weighted by Crippen LogP contribution is 2.21. The molecule has 0 aromatic carbocycles. The molecule has 6 heteroatoms. The van der Waals surface area contributed by atoms with E-state index in [4.69, 9.17) is 4.42 Å². The van der Waals surface area contributed by atoms with Crippen LogP contribution >= 0.6 is 0 Å². The van der Waals surface area contributed by atoms with Crippen LogP contribution < -0.4 is 10.2 Å². The molecule has 0 amide bonds. The van der Waals surface area contributed by atoms with E-state index in [1.165, 1.54) is 12.8 Å². The fourth-order valence-electron chi connectivity index (χ4n) is 2.22. The molecule has 1 heterocycles. The summed E-state index contributed by atoms with van der Waals surface area (Å²) in [7, 11) is 0. The van der Waals surface area contributed by atoms with Crippen molar-refractivity contribution in [2.45, 2.75) is 58.2 Å². The van der Waals surface area contributed by atoms with Gasteiger partial charge in [0.1, 0.15) is 0 Å². The zero-order valence-electron chi connectivity index (χ0n) is 11.8. The van der Waals surface area contributed by atoms with Crippen LogP contribution in [-0.2, 0) is 6.54 Å². The fourth-order valence-corrected chi connectivity index (χ4v) is 2.22. The molecule has 0 unspecified atom stereocenters. The Morgan fingerprint density at radius 2 is 2.11 bits per heavy atom. The monoisotopic (exact) mass is 268 g/mol. The van der Waals surface area contributed by atoms with Crippen molar-refractivity contribution in [2.24, 2.45) is 0 Å². The number of nitrogens with zero attached hydrogens (tertiary/aromatic N) is 3. The van der Waals surface area contributed by atoms with E-state index in [1.807, 2.05) is 4.90 Å². The van der Waals surface area contributed by atoms with Crippen molar-refractivity contribution >= 4 is 6.01 Å². The van der Waals surface area contributed by atoms with Gasteiger partial charge >= 0.3 is 6.01 Å². The van der Waals surface area contributed by atoms with Gasteiger partial charge in [-0.1, -0.05) is 18.9 Å². The van der Waals surface area contributed by atoms with Crippen molar-refractivity contribution in [3.8, 4) is 0 Å². The van der Waals surface area contributed by atoms with Gasteiger partial charge in [-0.05, 0) is 25.7 Å². The van der Waals surface area contributed by atoms with Gasteiger partial charge in [0.2, 0.25) is 5.89 Å². The standard InChI is InChI=1S/C13H24N4O2/c1-3-11(4-2)17(7-8-18)13-16-15-12(19-13)9-14-10-5-6-10/h10-11,14,18H,3-9H2,1-2H3. The van der Waals surface area contributed by atoms with Crippen LogP contribution in [0, 0.1) is 0 Å². The smallest absolute Gasteiger partial charge is 0.318 e. The van der Waals surface area contributed by atoms with Gasteiger partial charge in [-0.2, -0.15) is 0 Å². The molecule has 1 aromatic heterocycles. The molecule has 1 aromatic rings. The molecular weight excluding hydrogens is 244 g/mol. The third-order valence-electron chi connectivity index (χ3n) is 3.55. The van der Waals surface area contributed by atoms with Crippen LogP contribution in [0.1, 0.15) is 45.4 Å². The number of nitrogens with one attached hydrogen (secondary N) is 1. The molecule has 0 atom stereocenters. The van der Waals surface area contributed by atoms with Crippen molar-refractivity contribution in [2.75, 3.05) is 18.1 Å². The SMILES string of the molecule is CCC(CC)N(CCO)c1nnc(CNC2CC2)o1. The summed E-state index contributed by atoms with van der Waals surface area (Å²) in [6, 6.07) is 1.48. The third-order valence-corrected chi connectivity index (χ3v) is 3.55. The summed E-state index contributed by atoms with van der Waals surface area (Å²) < 4.78 is 5.69. The average Bonchev–Trinajstić information content (AvgIpc) is 3.14. The number of aromatic nitrogens is 2. The van der Waals surface area contributed by atoms with Crippen LogP contribution in [0.2, 0.25) is 0 Å². The van der Waals surface area contributed by atoms with E-state index in [0.29, 0.717) is 37.1 Å². The normalized spacial score (nSPS) is 15.2. The van der Waals surface area contributed by atoms with Crippen molar-refractivity contribution in [1.82, 2.24) is 15.5 Å². The molecule has 0 aliphatic heterocycles. The minimum Gasteiger partial charge on any atom is -0.407 e. The largest absolute Gasteiger partial charge is 0.407 e. The van der Waals surface area contributed by atoms with E-state index in [2.05, 4.69) is 29.4 Å². The first-order valence-electron chi connectivity index (χ1n) is 7.21. The lowest BCUT2D eigenvalue weighted by atomic mass is 10.1. The molecule has 0 bridgehead atoms. The summed E-state index contributed by atoms with van der Waals surface area (Å²) in [6.07, 6.45) is 4.47. The molecule has 0 saturated heterocycles. The molecule has 1 aliphatic carbocycles. The van der Waals surface area contributed by atoms with Crippen molar-refractivity contribution < 1.29 is 9.52 Å². The Balaban J connectivity index is 1.98. The maximum Gasteiger partial charge on any atom is 0.318 e. The second kappa shape index (κ2) is 6.86. The Morgan fingerprint density at radius 3 is 2.68 bits per heavy atom. The molecule has 2 rings (SSSR count). The third kappa shape index (κ3) is 3.91. The molecule has 19 heavy (non-hydrogen) atoms. The maximum absolute atomic E-state index is 9.19. The lowest BCUT2D eigenvalue weighted by Gasteiger charge is -2.27. The lowest BCUT2D eigenvalue weighted by molar-refractivity contribution is 0.290. The van der Waals surface area contributed by atoms with Gasteiger partial charge in [0, 0.05) is 18.6 Å². The van der Waals surface area contributed by atoms with E-state index in [-0.39, 0.29) is 6.61 Å². The molecule has 108 valence electrons. The Morgan fingerprint density at radius 1 is 1.37 bits per heavy atom. The quantitative estimate of drug-likeness (QED) is 0.703. The molecule has 1 fully saturated rings. The fraction of sp³-hybridized carbons (Fsp3) is 0.846. The van der Waals surface area contributed by atoms with Crippen molar-refractivity contribution in [3.63, 3.8) is 0 Å². The second-order valence-corrected chi connectivity index (χ2v) is 5.02. The van der Waals surface area contributed by atoms with E-state index < -0.39 is 0 Å². The van der Waals surface area contributed by atoms with Gasteiger partial charge in [0.25, 0.3) is 0 Å². The minimum absolute atomic E-state index is 0.0918. The van der Waals surface area contributed by atoms with Gasteiger partial charge in [-0.3, -0.25) is 0 Å². The number of hydrogen-bond donors (Lipinski definition) is 2. The Kier molecular flexibility index (Phi) is 5.15. The maximum atomic E-state index is 9.19. The summed E-state index contributed by atoms with van der Waals surface area (Å²) in [4.78, 5) is 2.01. The van der Waals surface area contributed by atoms with Gasteiger partial charge in [0.15, 0.2) is 0 Å². The van der Waals surface area contributed by atoms with E-state index in [0.717, 1.165) is 12.8 Å². The first-order valence-corrected chi connectivity index (χ1v) is 7.21. The number of rotatable bonds is 9. The van der Waals surface area contributed by atoms with E-state index in [1.54, 1.807) is 0 Å². The molecule has 6 nitrogen and oxygen atoms in total. The van der Waals surface area contributed by atoms with Crippen LogP contribution in [0.25, 0.3) is 0 Å². The van der Waals surface area contributed by atoms with Crippen molar-refractivity contribution in [3.05, 3.63) is 5.89 Å². The Bertz CT molecular complexity index is 374. The highest BCUT2D eigenvalue weighted by atomic mass is 16.4. The zero-order valence-corrected chi connectivity index (χ0v) is 11.8. The number of aliphatic hydroxyl groups excluding tert-OH is 1.